The highest BCUT2D eigenvalue weighted by molar-refractivity contribution is 6.06. The lowest BCUT2D eigenvalue weighted by atomic mass is 10.1. The van der Waals surface area contributed by atoms with Crippen LogP contribution in [0, 0.1) is 5.92 Å². The number of methoxy groups -OCH3 is 1. The molecule has 0 aliphatic carbocycles. The van der Waals surface area contributed by atoms with Crippen LogP contribution >= 0.6 is 0 Å². The Kier molecular flexibility index (Phi) is 4.79. The molecule has 0 spiro atoms. The average Bonchev–Trinajstić information content (AvgIpc) is 2.90. The van der Waals surface area contributed by atoms with Crippen molar-refractivity contribution in [3.05, 3.63) is 36.0 Å². The van der Waals surface area contributed by atoms with E-state index in [0.717, 1.165) is 23.0 Å². The van der Waals surface area contributed by atoms with E-state index < -0.39 is 0 Å². The van der Waals surface area contributed by atoms with Crippen LogP contribution < -0.4 is 0 Å². The number of nitrogens with one attached hydrogen (secondary N) is 1. The molecule has 0 saturated heterocycles. The Balaban J connectivity index is 2.28. The molecule has 1 aromatic carbocycles. The number of amides is 1. The van der Waals surface area contributed by atoms with Gasteiger partial charge in [0.15, 0.2) is 0 Å². The predicted octanol–water partition coefficient (Wildman–Crippen LogP) is 2.91. The monoisotopic (exact) mass is 274 g/mol. The highest BCUT2D eigenvalue weighted by atomic mass is 16.5. The zero-order chi connectivity index (χ0) is 14.5. The second-order valence-corrected chi connectivity index (χ2v) is 5.38. The smallest absolute Gasteiger partial charge is 0.254 e. The third-order valence-electron chi connectivity index (χ3n) is 3.26. The van der Waals surface area contributed by atoms with Crippen LogP contribution in [0.3, 0.4) is 0 Å². The lowest BCUT2D eigenvalue weighted by Crippen LogP contribution is -2.36. The van der Waals surface area contributed by atoms with Crippen LogP contribution in [0.15, 0.2) is 30.5 Å². The first-order valence-electron chi connectivity index (χ1n) is 6.97. The molecular weight excluding hydrogens is 252 g/mol. The largest absolute Gasteiger partial charge is 0.383 e. The summed E-state index contributed by atoms with van der Waals surface area (Å²) in [6.07, 6.45) is 1.86. The van der Waals surface area contributed by atoms with Crippen LogP contribution in [0.25, 0.3) is 10.9 Å². The van der Waals surface area contributed by atoms with Crippen molar-refractivity contribution in [2.24, 2.45) is 5.92 Å². The fraction of sp³-hybridized carbons (Fsp3) is 0.438. The Morgan fingerprint density at radius 3 is 2.85 bits per heavy atom. The molecule has 0 bridgehead atoms. The van der Waals surface area contributed by atoms with E-state index in [1.54, 1.807) is 7.11 Å². The van der Waals surface area contributed by atoms with Gasteiger partial charge in [0, 0.05) is 42.9 Å². The maximum Gasteiger partial charge on any atom is 0.254 e. The van der Waals surface area contributed by atoms with E-state index >= 15 is 0 Å². The van der Waals surface area contributed by atoms with E-state index in [1.165, 1.54) is 0 Å². The van der Waals surface area contributed by atoms with Crippen molar-refractivity contribution < 1.29 is 9.53 Å². The normalized spacial score (nSPS) is 11.2. The molecule has 2 rings (SSSR count). The number of aromatic nitrogens is 1. The van der Waals surface area contributed by atoms with Gasteiger partial charge in [0.1, 0.15) is 0 Å². The van der Waals surface area contributed by atoms with Crippen LogP contribution in [0.1, 0.15) is 24.2 Å². The molecule has 4 heteroatoms. The summed E-state index contributed by atoms with van der Waals surface area (Å²) >= 11 is 0. The molecule has 0 saturated carbocycles. The number of nitrogens with zero attached hydrogens (tertiary/aromatic N) is 1. The van der Waals surface area contributed by atoms with Gasteiger partial charge < -0.3 is 14.6 Å². The standard InChI is InChI=1S/C16H22N2O2/c1-12(2)11-18(9-10-20-3)16(19)14-5-4-6-15-13(14)7-8-17-15/h4-8,12,17H,9-11H2,1-3H3. The molecule has 0 unspecified atom stereocenters. The molecule has 0 radical (unpaired) electrons. The van der Waals surface area contributed by atoms with Crippen LogP contribution in [0.4, 0.5) is 0 Å². The molecule has 0 fully saturated rings. The summed E-state index contributed by atoms with van der Waals surface area (Å²) in [6.45, 7) is 6.15. The van der Waals surface area contributed by atoms with Crippen molar-refractivity contribution >= 4 is 16.8 Å². The number of ether oxygens (including phenoxy) is 1. The van der Waals surface area contributed by atoms with E-state index in [2.05, 4.69) is 18.8 Å². The molecule has 1 amide bonds. The molecule has 0 aliphatic rings. The molecule has 4 nitrogen and oxygen atoms in total. The van der Waals surface area contributed by atoms with Gasteiger partial charge in [0.25, 0.3) is 5.91 Å². The minimum atomic E-state index is 0.0703. The van der Waals surface area contributed by atoms with Gasteiger partial charge in [0.05, 0.1) is 6.61 Å². The lowest BCUT2D eigenvalue weighted by Gasteiger charge is -2.24. The Morgan fingerprint density at radius 1 is 1.35 bits per heavy atom. The van der Waals surface area contributed by atoms with Gasteiger partial charge in [-0.05, 0) is 24.1 Å². The number of rotatable bonds is 6. The third kappa shape index (κ3) is 3.20. The van der Waals surface area contributed by atoms with Crippen LogP contribution in [0.2, 0.25) is 0 Å². The van der Waals surface area contributed by atoms with E-state index in [4.69, 9.17) is 4.74 Å². The number of carbonyl (C=O) groups is 1. The van der Waals surface area contributed by atoms with Gasteiger partial charge in [-0.25, -0.2) is 0 Å². The molecule has 0 aliphatic heterocycles. The van der Waals surface area contributed by atoms with Gasteiger partial charge in [0.2, 0.25) is 0 Å². The SMILES string of the molecule is COCCN(CC(C)C)C(=O)c1cccc2[nH]ccc12. The van der Waals surface area contributed by atoms with Crippen molar-refractivity contribution in [3.8, 4) is 0 Å². The summed E-state index contributed by atoms with van der Waals surface area (Å²) in [5, 5.41) is 0.976. The van der Waals surface area contributed by atoms with Crippen molar-refractivity contribution in [1.82, 2.24) is 9.88 Å². The Hall–Kier alpha value is -1.81. The fourth-order valence-corrected chi connectivity index (χ4v) is 2.36. The predicted molar refractivity (Wildman–Crippen MR) is 80.9 cm³/mol. The molecular formula is C16H22N2O2. The van der Waals surface area contributed by atoms with Crippen molar-refractivity contribution in [1.29, 1.82) is 0 Å². The van der Waals surface area contributed by atoms with Crippen molar-refractivity contribution in [2.45, 2.75) is 13.8 Å². The summed E-state index contributed by atoms with van der Waals surface area (Å²) in [5.74, 6) is 0.502. The number of carbonyl (C=O) groups excluding carboxylic acids is 1. The van der Waals surface area contributed by atoms with Gasteiger partial charge in [-0.1, -0.05) is 19.9 Å². The fourth-order valence-electron chi connectivity index (χ4n) is 2.36. The van der Waals surface area contributed by atoms with E-state index in [-0.39, 0.29) is 5.91 Å². The Bertz CT molecular complexity index is 575. The third-order valence-corrected chi connectivity index (χ3v) is 3.26. The lowest BCUT2D eigenvalue weighted by molar-refractivity contribution is 0.0674. The number of hydrogen-bond donors (Lipinski definition) is 1. The summed E-state index contributed by atoms with van der Waals surface area (Å²) in [5.41, 5.74) is 1.74. The van der Waals surface area contributed by atoms with Crippen LogP contribution in [-0.4, -0.2) is 42.6 Å². The van der Waals surface area contributed by atoms with Gasteiger partial charge in [-0.3, -0.25) is 4.79 Å². The first-order valence-corrected chi connectivity index (χ1v) is 6.97. The minimum absolute atomic E-state index is 0.0703. The van der Waals surface area contributed by atoms with Crippen molar-refractivity contribution in [2.75, 3.05) is 26.8 Å². The molecule has 2 aromatic rings. The molecule has 0 atom stereocenters. The second-order valence-electron chi connectivity index (χ2n) is 5.38. The highest BCUT2D eigenvalue weighted by Gasteiger charge is 2.18. The summed E-state index contributed by atoms with van der Waals surface area (Å²) in [7, 11) is 1.66. The van der Waals surface area contributed by atoms with Crippen LogP contribution in [-0.2, 0) is 4.74 Å². The topological polar surface area (TPSA) is 45.3 Å². The molecule has 1 heterocycles. The summed E-state index contributed by atoms with van der Waals surface area (Å²) in [6, 6.07) is 7.73. The number of hydrogen-bond acceptors (Lipinski definition) is 2. The maximum absolute atomic E-state index is 12.8. The summed E-state index contributed by atoms with van der Waals surface area (Å²) in [4.78, 5) is 17.8. The zero-order valence-electron chi connectivity index (χ0n) is 12.3. The molecule has 108 valence electrons. The van der Waals surface area contributed by atoms with Gasteiger partial charge in [-0.15, -0.1) is 0 Å². The van der Waals surface area contributed by atoms with Gasteiger partial charge in [-0.2, -0.15) is 0 Å². The second kappa shape index (κ2) is 6.57. The first kappa shape index (κ1) is 14.6. The quantitative estimate of drug-likeness (QED) is 0.880. The Morgan fingerprint density at radius 2 is 2.15 bits per heavy atom. The van der Waals surface area contributed by atoms with Gasteiger partial charge >= 0.3 is 0 Å². The first-order chi connectivity index (χ1) is 9.63. The summed E-state index contributed by atoms with van der Waals surface area (Å²) < 4.78 is 5.11. The Labute approximate surface area is 119 Å². The van der Waals surface area contributed by atoms with E-state index in [9.17, 15) is 4.79 Å². The number of fused-ring (bicyclic) bond motifs is 1. The van der Waals surface area contributed by atoms with Crippen LogP contribution in [0.5, 0.6) is 0 Å². The average molecular weight is 274 g/mol. The van der Waals surface area contributed by atoms with E-state index in [1.807, 2.05) is 35.4 Å². The number of H-pyrrole nitrogens is 1. The maximum atomic E-state index is 12.8. The van der Waals surface area contributed by atoms with E-state index in [0.29, 0.717) is 19.1 Å². The highest BCUT2D eigenvalue weighted by Crippen LogP contribution is 2.19. The minimum Gasteiger partial charge on any atom is -0.383 e. The number of aromatic amines is 1. The number of benzene rings is 1. The molecule has 1 N–H and O–H groups in total. The zero-order valence-corrected chi connectivity index (χ0v) is 12.3. The molecule has 20 heavy (non-hydrogen) atoms. The molecule has 1 aromatic heterocycles. The van der Waals surface area contributed by atoms with Crippen molar-refractivity contribution in [3.63, 3.8) is 0 Å².